The highest BCUT2D eigenvalue weighted by molar-refractivity contribution is 7.14. The fraction of sp³-hybridized carbons (Fsp3) is 0.125. The summed E-state index contributed by atoms with van der Waals surface area (Å²) in [6.45, 7) is 0. The maximum atomic E-state index is 5.62. The molecule has 0 unspecified atom stereocenters. The summed E-state index contributed by atoms with van der Waals surface area (Å²) in [5.74, 6) is 0.961. The van der Waals surface area contributed by atoms with Crippen LogP contribution >= 0.6 is 11.3 Å². The highest BCUT2D eigenvalue weighted by Crippen LogP contribution is 2.24. The van der Waals surface area contributed by atoms with Crippen LogP contribution in [-0.2, 0) is 7.05 Å². The number of imidazole rings is 1. The largest absolute Gasteiger partial charge is 0.391 e. The molecule has 0 aliphatic heterocycles. The number of nitrogens with zero attached hydrogens (tertiary/aromatic N) is 2. The van der Waals surface area contributed by atoms with Crippen molar-refractivity contribution in [2.75, 3.05) is 5.73 Å². The molecule has 2 aromatic rings. The fourth-order valence-electron chi connectivity index (χ4n) is 1.11. The number of rotatable bonds is 1. The topological polar surface area (TPSA) is 43.8 Å². The molecule has 0 saturated heterocycles. The number of anilines is 1. The molecule has 12 heavy (non-hydrogen) atoms. The van der Waals surface area contributed by atoms with E-state index in [-0.39, 0.29) is 0 Å². The summed E-state index contributed by atoms with van der Waals surface area (Å²) in [6.07, 6.45) is 3.70. The monoisotopic (exact) mass is 179 g/mol. The van der Waals surface area contributed by atoms with Gasteiger partial charge in [0.25, 0.3) is 0 Å². The normalized spacial score (nSPS) is 10.4. The number of hydrogen-bond acceptors (Lipinski definition) is 3. The van der Waals surface area contributed by atoms with E-state index in [1.165, 1.54) is 11.3 Å². The van der Waals surface area contributed by atoms with Gasteiger partial charge in [0.05, 0.1) is 5.00 Å². The summed E-state index contributed by atoms with van der Waals surface area (Å²) in [7, 11) is 1.97. The Labute approximate surface area is 74.5 Å². The zero-order chi connectivity index (χ0) is 8.55. The van der Waals surface area contributed by atoms with Crippen LogP contribution in [0.2, 0.25) is 0 Å². The Kier molecular flexibility index (Phi) is 1.62. The summed E-state index contributed by atoms with van der Waals surface area (Å²) in [5, 5.41) is 2.84. The minimum atomic E-state index is 0.827. The molecule has 0 bridgehead atoms. The molecule has 2 rings (SSSR count). The Morgan fingerprint density at radius 2 is 2.42 bits per heavy atom. The number of thiophene rings is 1. The fourth-order valence-corrected chi connectivity index (χ4v) is 1.75. The van der Waals surface area contributed by atoms with Gasteiger partial charge in [-0.15, -0.1) is 11.3 Å². The Balaban J connectivity index is 2.50. The second-order valence-corrected chi connectivity index (χ2v) is 3.54. The SMILES string of the molecule is Cn1ccnc1-c1csc(N)c1. The summed E-state index contributed by atoms with van der Waals surface area (Å²) in [5.41, 5.74) is 6.70. The first-order valence-electron chi connectivity index (χ1n) is 3.59. The van der Waals surface area contributed by atoms with E-state index < -0.39 is 0 Å². The molecule has 3 nitrogen and oxygen atoms in total. The van der Waals surface area contributed by atoms with Gasteiger partial charge in [-0.3, -0.25) is 0 Å². The van der Waals surface area contributed by atoms with Crippen molar-refractivity contribution >= 4 is 16.3 Å². The summed E-state index contributed by atoms with van der Waals surface area (Å²) < 4.78 is 1.97. The first kappa shape index (κ1) is 7.36. The van der Waals surface area contributed by atoms with Gasteiger partial charge in [-0.1, -0.05) is 0 Å². The predicted molar refractivity (Wildman–Crippen MR) is 50.9 cm³/mol. The molecule has 2 heterocycles. The van der Waals surface area contributed by atoms with Crippen molar-refractivity contribution < 1.29 is 0 Å². The van der Waals surface area contributed by atoms with Crippen LogP contribution in [0.15, 0.2) is 23.8 Å². The van der Waals surface area contributed by atoms with E-state index in [0.29, 0.717) is 0 Å². The van der Waals surface area contributed by atoms with Crippen molar-refractivity contribution in [2.24, 2.45) is 7.05 Å². The lowest BCUT2D eigenvalue weighted by molar-refractivity contribution is 0.926. The van der Waals surface area contributed by atoms with Crippen molar-refractivity contribution in [3.8, 4) is 11.4 Å². The first-order valence-corrected chi connectivity index (χ1v) is 4.47. The van der Waals surface area contributed by atoms with Gasteiger partial charge in [0, 0.05) is 30.4 Å². The van der Waals surface area contributed by atoms with Crippen LogP contribution in [0.4, 0.5) is 5.00 Å². The quantitative estimate of drug-likeness (QED) is 0.724. The second kappa shape index (κ2) is 2.64. The van der Waals surface area contributed by atoms with E-state index in [1.54, 1.807) is 6.20 Å². The van der Waals surface area contributed by atoms with Crippen LogP contribution in [0.25, 0.3) is 11.4 Å². The van der Waals surface area contributed by atoms with Gasteiger partial charge < -0.3 is 10.3 Å². The van der Waals surface area contributed by atoms with Crippen LogP contribution < -0.4 is 5.73 Å². The molecule has 4 heteroatoms. The highest BCUT2D eigenvalue weighted by atomic mass is 32.1. The molecule has 0 spiro atoms. The average Bonchev–Trinajstić information content (AvgIpc) is 2.58. The Morgan fingerprint density at radius 3 is 2.92 bits per heavy atom. The van der Waals surface area contributed by atoms with Gasteiger partial charge in [-0.25, -0.2) is 4.98 Å². The first-order chi connectivity index (χ1) is 5.77. The second-order valence-electron chi connectivity index (χ2n) is 2.60. The van der Waals surface area contributed by atoms with Crippen molar-refractivity contribution in [3.63, 3.8) is 0 Å². The van der Waals surface area contributed by atoms with Gasteiger partial charge in [0.15, 0.2) is 0 Å². The van der Waals surface area contributed by atoms with Crippen LogP contribution in [0.5, 0.6) is 0 Å². The Morgan fingerprint density at radius 1 is 1.58 bits per heavy atom. The van der Waals surface area contributed by atoms with Crippen molar-refractivity contribution in [1.29, 1.82) is 0 Å². The van der Waals surface area contributed by atoms with Gasteiger partial charge in [0.2, 0.25) is 0 Å². The smallest absolute Gasteiger partial charge is 0.140 e. The van der Waals surface area contributed by atoms with E-state index in [1.807, 2.05) is 29.3 Å². The van der Waals surface area contributed by atoms with E-state index >= 15 is 0 Å². The number of nitrogens with two attached hydrogens (primary N) is 1. The van der Waals surface area contributed by atoms with E-state index in [4.69, 9.17) is 5.73 Å². The molecular weight excluding hydrogens is 170 g/mol. The molecule has 62 valence electrons. The molecule has 0 aliphatic carbocycles. The summed E-state index contributed by atoms with van der Waals surface area (Å²) >= 11 is 1.54. The van der Waals surface area contributed by atoms with E-state index in [9.17, 15) is 0 Å². The van der Waals surface area contributed by atoms with Gasteiger partial charge in [-0.2, -0.15) is 0 Å². The van der Waals surface area contributed by atoms with Crippen LogP contribution in [0.1, 0.15) is 0 Å². The standard InChI is InChI=1S/C8H9N3S/c1-11-3-2-10-8(11)6-4-7(9)12-5-6/h2-5H,9H2,1H3. The van der Waals surface area contributed by atoms with E-state index in [2.05, 4.69) is 4.98 Å². The summed E-state index contributed by atoms with van der Waals surface area (Å²) in [6, 6.07) is 1.94. The van der Waals surface area contributed by atoms with Gasteiger partial charge >= 0.3 is 0 Å². The third-order valence-electron chi connectivity index (χ3n) is 1.70. The van der Waals surface area contributed by atoms with Crippen molar-refractivity contribution in [1.82, 2.24) is 9.55 Å². The number of aromatic nitrogens is 2. The van der Waals surface area contributed by atoms with Crippen LogP contribution in [-0.4, -0.2) is 9.55 Å². The molecule has 2 aromatic heterocycles. The predicted octanol–water partition coefficient (Wildman–Crippen LogP) is 1.73. The Bertz CT molecular complexity index is 388. The number of nitrogen functional groups attached to an aromatic ring is 1. The molecule has 0 saturated carbocycles. The molecule has 2 N–H and O–H groups in total. The average molecular weight is 179 g/mol. The lowest BCUT2D eigenvalue weighted by Crippen LogP contribution is -1.89. The van der Waals surface area contributed by atoms with Crippen molar-refractivity contribution in [2.45, 2.75) is 0 Å². The summed E-state index contributed by atoms with van der Waals surface area (Å²) in [4.78, 5) is 4.21. The molecule has 0 aliphatic rings. The molecule has 0 amide bonds. The zero-order valence-corrected chi connectivity index (χ0v) is 7.51. The minimum absolute atomic E-state index is 0.827. The molecule has 0 fully saturated rings. The van der Waals surface area contributed by atoms with Crippen LogP contribution in [0, 0.1) is 0 Å². The molecule has 0 aromatic carbocycles. The molecule has 0 radical (unpaired) electrons. The third kappa shape index (κ3) is 1.10. The third-order valence-corrected chi connectivity index (χ3v) is 2.46. The lowest BCUT2D eigenvalue weighted by Gasteiger charge is -1.95. The van der Waals surface area contributed by atoms with E-state index in [0.717, 1.165) is 16.4 Å². The van der Waals surface area contributed by atoms with Gasteiger partial charge in [0.1, 0.15) is 5.82 Å². The van der Waals surface area contributed by atoms with Gasteiger partial charge in [-0.05, 0) is 6.07 Å². The minimum Gasteiger partial charge on any atom is -0.391 e. The number of hydrogen-bond donors (Lipinski definition) is 1. The maximum Gasteiger partial charge on any atom is 0.140 e. The maximum absolute atomic E-state index is 5.62. The molecular formula is C8H9N3S. The lowest BCUT2D eigenvalue weighted by atomic mass is 10.3. The molecule has 0 atom stereocenters. The Hall–Kier alpha value is -1.29. The van der Waals surface area contributed by atoms with Crippen LogP contribution in [0.3, 0.4) is 0 Å². The number of aryl methyl sites for hydroxylation is 1. The highest BCUT2D eigenvalue weighted by Gasteiger charge is 2.03. The zero-order valence-electron chi connectivity index (χ0n) is 6.69. The van der Waals surface area contributed by atoms with Crippen molar-refractivity contribution in [3.05, 3.63) is 23.8 Å².